The van der Waals surface area contributed by atoms with Crippen LogP contribution in [-0.4, -0.2) is 17.7 Å². The van der Waals surface area contributed by atoms with Gasteiger partial charge in [0.25, 0.3) is 0 Å². The van der Waals surface area contributed by atoms with Crippen LogP contribution in [-0.2, 0) is 15.1 Å². The monoisotopic (exact) mass is 298 g/mol. The summed E-state index contributed by atoms with van der Waals surface area (Å²) in [7, 11) is 0. The Morgan fingerprint density at radius 3 is 2.59 bits per heavy atom. The van der Waals surface area contributed by atoms with Gasteiger partial charge in [-0.2, -0.15) is 0 Å². The number of esters is 1. The Labute approximate surface area is 109 Å². The van der Waals surface area contributed by atoms with Crippen molar-refractivity contribution in [3.8, 4) is 0 Å². The number of benzene rings is 1. The van der Waals surface area contributed by atoms with E-state index in [1.807, 2.05) is 0 Å². The first-order chi connectivity index (χ1) is 8.04. The molecule has 4 heteroatoms. The largest absolute Gasteiger partial charge is 0.464 e. The van der Waals surface area contributed by atoms with E-state index in [2.05, 4.69) is 22.5 Å². The molecule has 0 bridgehead atoms. The number of ether oxygens (including phenoxy) is 1. The lowest BCUT2D eigenvalue weighted by Crippen LogP contribution is -2.36. The van der Waals surface area contributed by atoms with E-state index in [0.29, 0.717) is 5.56 Å². The number of halogens is 1. The van der Waals surface area contributed by atoms with Crippen molar-refractivity contribution in [3.63, 3.8) is 0 Å². The third kappa shape index (κ3) is 3.17. The van der Waals surface area contributed by atoms with Gasteiger partial charge in [0.15, 0.2) is 5.60 Å². The zero-order chi connectivity index (χ0) is 12.9. The van der Waals surface area contributed by atoms with E-state index in [1.54, 1.807) is 31.2 Å². The molecule has 92 valence electrons. The summed E-state index contributed by atoms with van der Waals surface area (Å²) in [5.41, 5.74) is -1.16. The Balaban J connectivity index is 3.10. The average Bonchev–Trinajstić information content (AvgIpc) is 2.30. The second kappa shape index (κ2) is 5.98. The van der Waals surface area contributed by atoms with Crippen LogP contribution in [0.5, 0.6) is 0 Å². The predicted octanol–water partition coefficient (Wildman–Crippen LogP) is 2.78. The molecule has 0 radical (unpaired) electrons. The summed E-state index contributed by atoms with van der Waals surface area (Å²) in [6, 6.07) is 6.90. The van der Waals surface area contributed by atoms with Crippen LogP contribution in [0.15, 0.2) is 41.4 Å². The van der Waals surface area contributed by atoms with E-state index < -0.39 is 11.6 Å². The fourth-order valence-electron chi connectivity index (χ4n) is 1.50. The lowest BCUT2D eigenvalue weighted by molar-refractivity contribution is -0.166. The molecule has 1 aromatic carbocycles. The second-order valence-corrected chi connectivity index (χ2v) is 4.50. The highest BCUT2D eigenvalue weighted by Crippen LogP contribution is 2.28. The maximum Gasteiger partial charge on any atom is 0.343 e. The topological polar surface area (TPSA) is 46.5 Å². The standard InChI is InChI=1S/C13H15BrO3/c1-3-9-13(16,12(15)17-4-2)10-5-7-11(14)8-6-10/h3,5-8,16H,1,4,9H2,2H3. The van der Waals surface area contributed by atoms with Gasteiger partial charge in [0, 0.05) is 10.9 Å². The highest BCUT2D eigenvalue weighted by molar-refractivity contribution is 9.10. The van der Waals surface area contributed by atoms with Gasteiger partial charge in [-0.1, -0.05) is 34.1 Å². The van der Waals surface area contributed by atoms with Crippen molar-refractivity contribution in [2.75, 3.05) is 6.61 Å². The molecule has 1 N–H and O–H groups in total. The first-order valence-corrected chi connectivity index (χ1v) is 6.10. The van der Waals surface area contributed by atoms with Gasteiger partial charge >= 0.3 is 5.97 Å². The van der Waals surface area contributed by atoms with E-state index >= 15 is 0 Å². The first-order valence-electron chi connectivity index (χ1n) is 5.31. The van der Waals surface area contributed by atoms with Crippen LogP contribution >= 0.6 is 15.9 Å². The summed E-state index contributed by atoms with van der Waals surface area (Å²) < 4.78 is 5.78. The zero-order valence-corrected chi connectivity index (χ0v) is 11.2. The summed E-state index contributed by atoms with van der Waals surface area (Å²) in [5, 5.41) is 10.4. The van der Waals surface area contributed by atoms with Crippen molar-refractivity contribution in [2.45, 2.75) is 18.9 Å². The Morgan fingerprint density at radius 1 is 1.53 bits per heavy atom. The van der Waals surface area contributed by atoms with Crippen LogP contribution < -0.4 is 0 Å². The van der Waals surface area contributed by atoms with E-state index in [-0.39, 0.29) is 13.0 Å². The molecule has 0 amide bonds. The molecule has 1 atom stereocenters. The Kier molecular flexibility index (Phi) is 4.90. The van der Waals surface area contributed by atoms with Gasteiger partial charge in [-0.15, -0.1) is 6.58 Å². The van der Waals surface area contributed by atoms with E-state index in [1.165, 1.54) is 6.08 Å². The number of carbonyl (C=O) groups excluding carboxylic acids is 1. The Bertz CT molecular complexity index is 400. The SMILES string of the molecule is C=CCC(O)(C(=O)OCC)c1ccc(Br)cc1. The number of aliphatic hydroxyl groups is 1. The summed E-state index contributed by atoms with van der Waals surface area (Å²) in [6.45, 7) is 5.49. The lowest BCUT2D eigenvalue weighted by Gasteiger charge is -2.25. The summed E-state index contributed by atoms with van der Waals surface area (Å²) in [6.07, 6.45) is 1.62. The summed E-state index contributed by atoms with van der Waals surface area (Å²) >= 11 is 3.30. The van der Waals surface area contributed by atoms with Gasteiger partial charge in [0.2, 0.25) is 0 Å². The van der Waals surface area contributed by atoms with Crippen LogP contribution in [0.25, 0.3) is 0 Å². The van der Waals surface area contributed by atoms with Gasteiger partial charge in [0.1, 0.15) is 0 Å². The number of carbonyl (C=O) groups is 1. The number of hydrogen-bond acceptors (Lipinski definition) is 3. The van der Waals surface area contributed by atoms with Crippen LogP contribution in [0.2, 0.25) is 0 Å². The van der Waals surface area contributed by atoms with Gasteiger partial charge in [-0.25, -0.2) is 4.79 Å². The van der Waals surface area contributed by atoms with Gasteiger partial charge < -0.3 is 9.84 Å². The van der Waals surface area contributed by atoms with E-state index in [9.17, 15) is 9.90 Å². The van der Waals surface area contributed by atoms with Crippen LogP contribution in [0, 0.1) is 0 Å². The van der Waals surface area contributed by atoms with Crippen LogP contribution in [0.3, 0.4) is 0 Å². The lowest BCUT2D eigenvalue weighted by atomic mass is 9.90. The summed E-state index contributed by atoms with van der Waals surface area (Å²) in [4.78, 5) is 11.8. The van der Waals surface area contributed by atoms with Gasteiger partial charge in [0.05, 0.1) is 6.61 Å². The van der Waals surface area contributed by atoms with Crippen molar-refractivity contribution < 1.29 is 14.6 Å². The smallest absolute Gasteiger partial charge is 0.343 e. The molecule has 17 heavy (non-hydrogen) atoms. The minimum absolute atomic E-state index is 0.119. The fourth-order valence-corrected chi connectivity index (χ4v) is 1.77. The molecule has 0 fully saturated rings. The molecule has 0 spiro atoms. The van der Waals surface area contributed by atoms with Crippen molar-refractivity contribution in [3.05, 3.63) is 47.0 Å². The van der Waals surface area contributed by atoms with E-state index in [0.717, 1.165) is 4.47 Å². The van der Waals surface area contributed by atoms with Crippen molar-refractivity contribution in [1.29, 1.82) is 0 Å². The quantitative estimate of drug-likeness (QED) is 0.672. The highest BCUT2D eigenvalue weighted by atomic mass is 79.9. The third-order valence-corrected chi connectivity index (χ3v) is 2.90. The van der Waals surface area contributed by atoms with Gasteiger partial charge in [-0.05, 0) is 24.6 Å². The maximum atomic E-state index is 11.8. The molecule has 0 aromatic heterocycles. The Morgan fingerprint density at radius 2 is 2.12 bits per heavy atom. The molecule has 0 heterocycles. The minimum atomic E-state index is -1.65. The first kappa shape index (κ1) is 13.9. The highest BCUT2D eigenvalue weighted by Gasteiger charge is 2.38. The molecule has 0 saturated heterocycles. The average molecular weight is 299 g/mol. The molecular formula is C13H15BrO3. The molecule has 0 aliphatic heterocycles. The van der Waals surface area contributed by atoms with E-state index in [4.69, 9.17) is 4.74 Å². The third-order valence-electron chi connectivity index (χ3n) is 2.37. The molecule has 0 saturated carbocycles. The number of hydrogen-bond donors (Lipinski definition) is 1. The molecule has 1 rings (SSSR count). The van der Waals surface area contributed by atoms with Crippen molar-refractivity contribution in [2.24, 2.45) is 0 Å². The molecule has 1 unspecified atom stereocenters. The second-order valence-electron chi connectivity index (χ2n) is 3.58. The molecule has 0 aliphatic carbocycles. The molecular weight excluding hydrogens is 284 g/mol. The number of rotatable bonds is 5. The summed E-state index contributed by atoms with van der Waals surface area (Å²) in [5.74, 6) is -0.651. The predicted molar refractivity (Wildman–Crippen MR) is 69.5 cm³/mol. The Hall–Kier alpha value is -1.13. The maximum absolute atomic E-state index is 11.8. The van der Waals surface area contributed by atoms with Crippen LogP contribution in [0.1, 0.15) is 18.9 Å². The zero-order valence-electron chi connectivity index (χ0n) is 9.65. The van der Waals surface area contributed by atoms with Crippen molar-refractivity contribution in [1.82, 2.24) is 0 Å². The van der Waals surface area contributed by atoms with Gasteiger partial charge in [-0.3, -0.25) is 0 Å². The molecule has 0 aliphatic rings. The molecule has 3 nitrogen and oxygen atoms in total. The van der Waals surface area contributed by atoms with Crippen molar-refractivity contribution >= 4 is 21.9 Å². The fraction of sp³-hybridized carbons (Fsp3) is 0.308. The normalized spacial score (nSPS) is 13.8. The minimum Gasteiger partial charge on any atom is -0.464 e. The van der Waals surface area contributed by atoms with Crippen LogP contribution in [0.4, 0.5) is 0 Å². The molecule has 1 aromatic rings.